The standard InChI is InChI=1S/C17H21BrF2N2O3/c1-10-9-21(5-6-22(10)16(24)25-17(2,3)4)15(23)11-7-14(20)12(18)8-13(11)19/h7-8,10H,5-6,9H2,1-4H3/t10-/m0/s1. The Hall–Kier alpha value is -1.70. The monoisotopic (exact) mass is 418 g/mol. The SMILES string of the molecule is C[C@H]1CN(C(=O)c2cc(F)c(Br)cc2F)CCN1C(=O)OC(C)(C)C. The molecule has 0 saturated carbocycles. The second kappa shape index (κ2) is 7.27. The zero-order valence-electron chi connectivity index (χ0n) is 14.6. The molecule has 0 spiro atoms. The molecule has 25 heavy (non-hydrogen) atoms. The van der Waals surface area contributed by atoms with Crippen LogP contribution in [0.2, 0.25) is 0 Å². The van der Waals surface area contributed by atoms with Crippen LogP contribution in [0.4, 0.5) is 13.6 Å². The zero-order chi connectivity index (χ0) is 18.9. The maximum Gasteiger partial charge on any atom is 0.410 e. The van der Waals surface area contributed by atoms with Gasteiger partial charge in [-0.15, -0.1) is 0 Å². The summed E-state index contributed by atoms with van der Waals surface area (Å²) >= 11 is 2.88. The second-order valence-electron chi connectivity index (χ2n) is 7.02. The van der Waals surface area contributed by atoms with E-state index in [9.17, 15) is 18.4 Å². The molecule has 0 aromatic heterocycles. The summed E-state index contributed by atoms with van der Waals surface area (Å²) < 4.78 is 32.9. The molecular weight excluding hydrogens is 398 g/mol. The Morgan fingerprint density at radius 2 is 1.84 bits per heavy atom. The predicted molar refractivity (Wildman–Crippen MR) is 92.4 cm³/mol. The number of nitrogens with zero attached hydrogens (tertiary/aromatic N) is 2. The van der Waals surface area contributed by atoms with Crippen LogP contribution in [0.5, 0.6) is 0 Å². The van der Waals surface area contributed by atoms with Crippen molar-refractivity contribution in [2.75, 3.05) is 19.6 Å². The van der Waals surface area contributed by atoms with Gasteiger partial charge in [-0.1, -0.05) is 0 Å². The van der Waals surface area contributed by atoms with Crippen LogP contribution < -0.4 is 0 Å². The Balaban J connectivity index is 2.09. The summed E-state index contributed by atoms with van der Waals surface area (Å²) in [6.07, 6.45) is -0.451. The summed E-state index contributed by atoms with van der Waals surface area (Å²) in [5.74, 6) is -2.09. The smallest absolute Gasteiger partial charge is 0.410 e. The summed E-state index contributed by atoms with van der Waals surface area (Å²) in [5, 5.41) is 0. The number of rotatable bonds is 1. The normalized spacial score (nSPS) is 18.3. The van der Waals surface area contributed by atoms with Crippen molar-refractivity contribution >= 4 is 27.9 Å². The van der Waals surface area contributed by atoms with Crippen LogP contribution in [0, 0.1) is 11.6 Å². The number of carbonyl (C=O) groups excluding carboxylic acids is 2. The fourth-order valence-corrected chi connectivity index (χ4v) is 2.91. The van der Waals surface area contributed by atoms with Crippen LogP contribution in [0.25, 0.3) is 0 Å². The van der Waals surface area contributed by atoms with Crippen LogP contribution >= 0.6 is 15.9 Å². The third kappa shape index (κ3) is 4.68. The van der Waals surface area contributed by atoms with Gasteiger partial charge in [0.1, 0.15) is 17.2 Å². The van der Waals surface area contributed by atoms with E-state index in [-0.39, 0.29) is 35.7 Å². The van der Waals surface area contributed by atoms with E-state index in [1.165, 1.54) is 9.80 Å². The van der Waals surface area contributed by atoms with Gasteiger partial charge >= 0.3 is 6.09 Å². The Bertz CT molecular complexity index is 691. The number of benzene rings is 1. The minimum absolute atomic E-state index is 0.0373. The lowest BCUT2D eigenvalue weighted by Gasteiger charge is -2.40. The van der Waals surface area contributed by atoms with Gasteiger partial charge in [-0.25, -0.2) is 13.6 Å². The van der Waals surface area contributed by atoms with Crippen LogP contribution in [-0.2, 0) is 4.74 Å². The topological polar surface area (TPSA) is 49.9 Å². The summed E-state index contributed by atoms with van der Waals surface area (Å²) in [7, 11) is 0. The second-order valence-corrected chi connectivity index (χ2v) is 7.87. The van der Waals surface area contributed by atoms with Gasteiger partial charge in [0, 0.05) is 25.7 Å². The zero-order valence-corrected chi connectivity index (χ0v) is 16.2. The molecule has 1 heterocycles. The molecule has 8 heteroatoms. The lowest BCUT2D eigenvalue weighted by Crippen LogP contribution is -2.56. The molecule has 1 aromatic rings. The lowest BCUT2D eigenvalue weighted by atomic mass is 10.1. The molecule has 138 valence electrons. The van der Waals surface area contributed by atoms with Crippen molar-refractivity contribution in [2.24, 2.45) is 0 Å². The van der Waals surface area contributed by atoms with E-state index in [0.717, 1.165) is 12.1 Å². The van der Waals surface area contributed by atoms with Crippen molar-refractivity contribution in [3.63, 3.8) is 0 Å². The van der Waals surface area contributed by atoms with Crippen LogP contribution in [0.1, 0.15) is 38.1 Å². The number of halogens is 3. The summed E-state index contributed by atoms with van der Waals surface area (Å²) in [6.45, 7) is 7.82. The highest BCUT2D eigenvalue weighted by molar-refractivity contribution is 9.10. The Kier molecular flexibility index (Phi) is 5.71. The van der Waals surface area contributed by atoms with Crippen LogP contribution in [-0.4, -0.2) is 53.1 Å². The average molecular weight is 419 g/mol. The van der Waals surface area contributed by atoms with Crippen molar-refractivity contribution in [1.29, 1.82) is 0 Å². The molecule has 1 atom stereocenters. The summed E-state index contributed by atoms with van der Waals surface area (Å²) in [5.41, 5.74) is -0.930. The fraction of sp³-hybridized carbons (Fsp3) is 0.529. The van der Waals surface area contributed by atoms with Gasteiger partial charge < -0.3 is 14.5 Å². The number of hydrogen-bond acceptors (Lipinski definition) is 3. The first-order valence-corrected chi connectivity index (χ1v) is 8.72. The van der Waals surface area contributed by atoms with Crippen molar-refractivity contribution in [3.05, 3.63) is 33.8 Å². The van der Waals surface area contributed by atoms with Gasteiger partial charge in [-0.3, -0.25) is 4.79 Å². The molecule has 0 bridgehead atoms. The molecule has 1 aromatic carbocycles. The largest absolute Gasteiger partial charge is 0.444 e. The first-order valence-electron chi connectivity index (χ1n) is 7.93. The van der Waals surface area contributed by atoms with Gasteiger partial charge in [0.2, 0.25) is 0 Å². The number of carbonyl (C=O) groups is 2. The lowest BCUT2D eigenvalue weighted by molar-refractivity contribution is 0.00190. The minimum atomic E-state index is -0.791. The molecule has 0 unspecified atom stereocenters. The number of amides is 2. The molecule has 0 N–H and O–H groups in total. The minimum Gasteiger partial charge on any atom is -0.444 e. The van der Waals surface area contributed by atoms with Gasteiger partial charge in [0.05, 0.1) is 10.0 Å². The predicted octanol–water partition coefficient (Wildman–Crippen LogP) is 3.81. The van der Waals surface area contributed by atoms with Gasteiger partial charge in [0.15, 0.2) is 0 Å². The Labute approximate surface area is 154 Å². The molecule has 1 aliphatic rings. The maximum atomic E-state index is 14.0. The van der Waals surface area contributed by atoms with E-state index in [1.807, 2.05) is 0 Å². The van der Waals surface area contributed by atoms with Crippen molar-refractivity contribution < 1.29 is 23.1 Å². The molecular formula is C17H21BrF2N2O3. The molecule has 5 nitrogen and oxygen atoms in total. The highest BCUT2D eigenvalue weighted by atomic mass is 79.9. The average Bonchev–Trinajstić information content (AvgIpc) is 2.48. The molecule has 1 fully saturated rings. The van der Waals surface area contributed by atoms with Gasteiger partial charge in [-0.05, 0) is 55.8 Å². The van der Waals surface area contributed by atoms with E-state index >= 15 is 0 Å². The fourth-order valence-electron chi connectivity index (χ4n) is 2.59. The maximum absolute atomic E-state index is 14.0. The molecule has 1 aliphatic heterocycles. The summed E-state index contributed by atoms with van der Waals surface area (Å²) in [6, 6.07) is 1.52. The van der Waals surface area contributed by atoms with E-state index < -0.39 is 29.2 Å². The third-order valence-corrected chi connectivity index (χ3v) is 4.39. The van der Waals surface area contributed by atoms with E-state index in [4.69, 9.17) is 4.74 Å². The Morgan fingerprint density at radius 3 is 2.40 bits per heavy atom. The number of ether oxygens (including phenoxy) is 1. The molecule has 0 radical (unpaired) electrons. The van der Waals surface area contributed by atoms with Crippen molar-refractivity contribution in [2.45, 2.75) is 39.3 Å². The number of hydrogen-bond donors (Lipinski definition) is 0. The molecule has 2 amide bonds. The first-order chi connectivity index (χ1) is 11.5. The molecule has 1 saturated heterocycles. The van der Waals surface area contributed by atoms with E-state index in [2.05, 4.69) is 15.9 Å². The van der Waals surface area contributed by atoms with Gasteiger partial charge in [-0.2, -0.15) is 0 Å². The highest BCUT2D eigenvalue weighted by Crippen LogP contribution is 2.23. The Morgan fingerprint density at radius 1 is 1.20 bits per heavy atom. The quantitative estimate of drug-likeness (QED) is 0.651. The van der Waals surface area contributed by atoms with Crippen LogP contribution in [0.15, 0.2) is 16.6 Å². The van der Waals surface area contributed by atoms with Crippen molar-refractivity contribution in [3.8, 4) is 0 Å². The summed E-state index contributed by atoms with van der Waals surface area (Å²) in [4.78, 5) is 27.6. The molecule has 2 rings (SSSR count). The van der Waals surface area contributed by atoms with E-state index in [1.54, 1.807) is 27.7 Å². The van der Waals surface area contributed by atoms with Crippen molar-refractivity contribution in [1.82, 2.24) is 9.80 Å². The molecule has 0 aliphatic carbocycles. The van der Waals surface area contributed by atoms with E-state index in [0.29, 0.717) is 0 Å². The third-order valence-electron chi connectivity index (χ3n) is 3.78. The first kappa shape index (κ1) is 19.6. The highest BCUT2D eigenvalue weighted by Gasteiger charge is 2.33. The van der Waals surface area contributed by atoms with Gasteiger partial charge in [0.25, 0.3) is 5.91 Å². The van der Waals surface area contributed by atoms with Crippen LogP contribution in [0.3, 0.4) is 0 Å². The number of piperazine rings is 1.